The van der Waals surface area contributed by atoms with Crippen LogP contribution in [0.25, 0.3) is 0 Å². The summed E-state index contributed by atoms with van der Waals surface area (Å²) >= 11 is 1.85. The second kappa shape index (κ2) is 6.02. The van der Waals surface area contributed by atoms with Crippen LogP contribution in [-0.2, 0) is 6.54 Å². The van der Waals surface area contributed by atoms with Gasteiger partial charge in [0.05, 0.1) is 0 Å². The second-order valence-corrected chi connectivity index (χ2v) is 6.79. The van der Waals surface area contributed by atoms with E-state index in [0.717, 1.165) is 12.6 Å². The van der Waals surface area contributed by atoms with Gasteiger partial charge in [-0.25, -0.2) is 0 Å². The molecule has 104 valence electrons. The van der Waals surface area contributed by atoms with E-state index in [1.165, 1.54) is 39.3 Å². The molecular formula is C18H21NS. The molecule has 2 aromatic rings. The van der Waals surface area contributed by atoms with Crippen molar-refractivity contribution < 1.29 is 0 Å². The highest BCUT2D eigenvalue weighted by molar-refractivity contribution is 7.99. The summed E-state index contributed by atoms with van der Waals surface area (Å²) < 4.78 is 0. The van der Waals surface area contributed by atoms with Gasteiger partial charge in [0.25, 0.3) is 0 Å². The average molecular weight is 283 g/mol. The molecule has 0 heterocycles. The van der Waals surface area contributed by atoms with Crippen LogP contribution in [0.15, 0.2) is 52.3 Å². The second-order valence-electron chi connectivity index (χ2n) is 5.67. The quantitative estimate of drug-likeness (QED) is 0.853. The molecule has 0 radical (unpaired) electrons. The van der Waals surface area contributed by atoms with Crippen LogP contribution >= 0.6 is 11.8 Å². The van der Waals surface area contributed by atoms with E-state index in [1.54, 1.807) is 0 Å². The summed E-state index contributed by atoms with van der Waals surface area (Å²) in [4.78, 5) is 2.67. The van der Waals surface area contributed by atoms with Crippen molar-refractivity contribution in [1.29, 1.82) is 0 Å². The highest BCUT2D eigenvalue weighted by Crippen LogP contribution is 2.31. The third-order valence-electron chi connectivity index (χ3n) is 3.63. The lowest BCUT2D eigenvalue weighted by Gasteiger charge is -2.09. The maximum absolute atomic E-state index is 3.57. The molecule has 2 heteroatoms. The third-order valence-corrected chi connectivity index (χ3v) is 4.80. The van der Waals surface area contributed by atoms with Gasteiger partial charge in [-0.05, 0) is 56.0 Å². The Bertz CT molecular complexity index is 602. The van der Waals surface area contributed by atoms with Gasteiger partial charge in [0.15, 0.2) is 0 Å². The van der Waals surface area contributed by atoms with Crippen LogP contribution < -0.4 is 5.32 Å². The van der Waals surface area contributed by atoms with Gasteiger partial charge in [0.2, 0.25) is 0 Å². The zero-order chi connectivity index (χ0) is 13.9. The van der Waals surface area contributed by atoms with Crippen LogP contribution in [0.4, 0.5) is 0 Å². The lowest BCUT2D eigenvalue weighted by Crippen LogP contribution is -2.15. The summed E-state index contributed by atoms with van der Waals surface area (Å²) in [6.07, 6.45) is 2.69. The summed E-state index contributed by atoms with van der Waals surface area (Å²) in [7, 11) is 0. The zero-order valence-corrected chi connectivity index (χ0v) is 13.0. The molecule has 1 fully saturated rings. The van der Waals surface area contributed by atoms with Crippen LogP contribution in [0.5, 0.6) is 0 Å². The van der Waals surface area contributed by atoms with Gasteiger partial charge in [-0.15, -0.1) is 0 Å². The van der Waals surface area contributed by atoms with Gasteiger partial charge < -0.3 is 5.32 Å². The molecule has 0 saturated heterocycles. The number of benzene rings is 2. The molecule has 2 aromatic carbocycles. The SMILES string of the molecule is Cc1cccc(Sc2ccc(CNC3CC3)cc2C)c1. The summed E-state index contributed by atoms with van der Waals surface area (Å²) in [5.74, 6) is 0. The van der Waals surface area contributed by atoms with E-state index in [1.807, 2.05) is 11.8 Å². The fourth-order valence-electron chi connectivity index (χ4n) is 2.29. The van der Waals surface area contributed by atoms with E-state index >= 15 is 0 Å². The number of aryl methyl sites for hydroxylation is 2. The minimum atomic E-state index is 0.775. The van der Waals surface area contributed by atoms with E-state index in [9.17, 15) is 0 Å². The molecule has 0 aromatic heterocycles. The first kappa shape index (κ1) is 13.7. The van der Waals surface area contributed by atoms with Crippen molar-refractivity contribution in [2.24, 2.45) is 0 Å². The predicted octanol–water partition coefficient (Wildman–Crippen LogP) is 4.71. The van der Waals surface area contributed by atoms with Gasteiger partial charge >= 0.3 is 0 Å². The van der Waals surface area contributed by atoms with Crippen LogP contribution in [0.3, 0.4) is 0 Å². The zero-order valence-electron chi connectivity index (χ0n) is 12.1. The topological polar surface area (TPSA) is 12.0 Å². The molecule has 20 heavy (non-hydrogen) atoms. The standard InChI is InChI=1S/C18H21NS/c1-13-4-3-5-17(10-13)20-18-9-6-15(11-14(18)2)12-19-16-7-8-16/h3-6,9-11,16,19H,7-8,12H2,1-2H3. The minimum absolute atomic E-state index is 0.775. The van der Waals surface area contributed by atoms with E-state index in [0.29, 0.717) is 0 Å². The van der Waals surface area contributed by atoms with Crippen LogP contribution in [0, 0.1) is 13.8 Å². The van der Waals surface area contributed by atoms with Gasteiger partial charge in [0, 0.05) is 22.4 Å². The van der Waals surface area contributed by atoms with Crippen LogP contribution in [0.2, 0.25) is 0 Å². The van der Waals surface area contributed by atoms with Gasteiger partial charge in [-0.2, -0.15) is 0 Å². The van der Waals surface area contributed by atoms with Crippen LogP contribution in [-0.4, -0.2) is 6.04 Å². The first-order chi connectivity index (χ1) is 9.70. The van der Waals surface area contributed by atoms with Crippen molar-refractivity contribution in [3.63, 3.8) is 0 Å². The first-order valence-electron chi connectivity index (χ1n) is 7.28. The Morgan fingerprint density at radius 3 is 2.65 bits per heavy atom. The monoisotopic (exact) mass is 283 g/mol. The Morgan fingerprint density at radius 1 is 1.10 bits per heavy atom. The molecule has 0 aliphatic heterocycles. The average Bonchev–Trinajstić information content (AvgIpc) is 3.23. The Hall–Kier alpha value is -1.25. The number of hydrogen-bond acceptors (Lipinski definition) is 2. The lowest BCUT2D eigenvalue weighted by atomic mass is 10.1. The molecule has 0 bridgehead atoms. The molecule has 1 aliphatic carbocycles. The largest absolute Gasteiger partial charge is 0.310 e. The molecule has 0 spiro atoms. The van der Waals surface area contributed by atoms with Gasteiger partial charge in [-0.3, -0.25) is 0 Å². The Kier molecular flexibility index (Phi) is 4.13. The number of nitrogens with one attached hydrogen (secondary N) is 1. The van der Waals surface area contributed by atoms with E-state index in [-0.39, 0.29) is 0 Å². The smallest absolute Gasteiger partial charge is 0.0208 e. The lowest BCUT2D eigenvalue weighted by molar-refractivity contribution is 0.687. The van der Waals surface area contributed by atoms with Crippen molar-refractivity contribution in [3.05, 3.63) is 59.2 Å². The van der Waals surface area contributed by atoms with Crippen molar-refractivity contribution >= 4 is 11.8 Å². The fourth-order valence-corrected chi connectivity index (χ4v) is 3.29. The summed E-state index contributed by atoms with van der Waals surface area (Å²) in [6.45, 7) is 5.35. The van der Waals surface area contributed by atoms with Gasteiger partial charge in [-0.1, -0.05) is 41.6 Å². The predicted molar refractivity (Wildman–Crippen MR) is 86.3 cm³/mol. The van der Waals surface area contributed by atoms with Crippen molar-refractivity contribution in [1.82, 2.24) is 5.32 Å². The Labute approximate surface area is 125 Å². The molecule has 3 rings (SSSR count). The Balaban J connectivity index is 1.69. The highest BCUT2D eigenvalue weighted by atomic mass is 32.2. The minimum Gasteiger partial charge on any atom is -0.310 e. The molecule has 1 aliphatic rings. The molecule has 1 saturated carbocycles. The maximum atomic E-state index is 3.57. The number of rotatable bonds is 5. The van der Waals surface area contributed by atoms with Crippen molar-refractivity contribution in [2.75, 3.05) is 0 Å². The Morgan fingerprint density at radius 2 is 1.95 bits per heavy atom. The maximum Gasteiger partial charge on any atom is 0.0208 e. The normalized spacial score (nSPS) is 14.5. The summed E-state index contributed by atoms with van der Waals surface area (Å²) in [5, 5.41) is 3.57. The molecule has 0 atom stereocenters. The summed E-state index contributed by atoms with van der Waals surface area (Å²) in [6, 6.07) is 16.3. The molecule has 0 amide bonds. The molecule has 1 N–H and O–H groups in total. The first-order valence-corrected chi connectivity index (χ1v) is 8.10. The molecule has 0 unspecified atom stereocenters. The highest BCUT2D eigenvalue weighted by Gasteiger charge is 2.19. The van der Waals surface area contributed by atoms with Crippen LogP contribution in [0.1, 0.15) is 29.5 Å². The van der Waals surface area contributed by atoms with Crippen molar-refractivity contribution in [3.8, 4) is 0 Å². The fraction of sp³-hybridized carbons (Fsp3) is 0.333. The third kappa shape index (κ3) is 3.65. The van der Waals surface area contributed by atoms with Gasteiger partial charge in [0.1, 0.15) is 0 Å². The number of hydrogen-bond donors (Lipinski definition) is 1. The van der Waals surface area contributed by atoms with E-state index < -0.39 is 0 Å². The molecular weight excluding hydrogens is 262 g/mol. The van der Waals surface area contributed by atoms with E-state index in [2.05, 4.69) is 61.6 Å². The summed E-state index contributed by atoms with van der Waals surface area (Å²) in [5.41, 5.74) is 4.08. The van der Waals surface area contributed by atoms with E-state index in [4.69, 9.17) is 0 Å². The van der Waals surface area contributed by atoms with Crippen molar-refractivity contribution in [2.45, 2.75) is 49.1 Å². The molecule has 1 nitrogen and oxygen atoms in total.